The molecule has 11 nitrogen and oxygen atoms in total. The Balaban J connectivity index is 1.20. The van der Waals surface area contributed by atoms with E-state index in [4.69, 9.17) is 10.5 Å². The molecule has 0 bridgehead atoms. The van der Waals surface area contributed by atoms with Gasteiger partial charge in [-0.05, 0) is 43.5 Å². The molecule has 1 aliphatic rings. The number of primary amides is 1. The van der Waals surface area contributed by atoms with E-state index in [1.54, 1.807) is 29.2 Å². The van der Waals surface area contributed by atoms with Crippen LogP contribution in [0.2, 0.25) is 0 Å². The molecule has 4 heterocycles. The van der Waals surface area contributed by atoms with Crippen LogP contribution in [0.25, 0.3) is 21.8 Å². The number of halogens is 1. The quantitative estimate of drug-likeness (QED) is 0.271. The molecular formula is C30H28FN7O4. The number of nitrogens with zero attached hydrogens (tertiary/aromatic N) is 4. The van der Waals surface area contributed by atoms with Crippen molar-refractivity contribution in [2.45, 2.75) is 32.1 Å². The number of nitrogens with two attached hydrogens (primary N) is 1. The van der Waals surface area contributed by atoms with Gasteiger partial charge in [-0.15, -0.1) is 0 Å². The van der Waals surface area contributed by atoms with Crippen LogP contribution in [0.3, 0.4) is 0 Å². The number of hydrogen-bond acceptors (Lipinski definition) is 7. The van der Waals surface area contributed by atoms with Crippen molar-refractivity contribution < 1.29 is 18.7 Å². The molecule has 0 atom stereocenters. The predicted octanol–water partition coefficient (Wildman–Crippen LogP) is 3.44. The third-order valence-corrected chi connectivity index (χ3v) is 7.63. The topological polar surface area (TPSA) is 160 Å². The van der Waals surface area contributed by atoms with Crippen molar-refractivity contribution in [1.29, 1.82) is 0 Å². The average molecular weight is 570 g/mol. The number of H-pyrrole nitrogens is 2. The largest absolute Gasteiger partial charge is 0.476 e. The number of carbonyl (C=O) groups is 2. The van der Waals surface area contributed by atoms with Crippen LogP contribution >= 0.6 is 0 Å². The molecule has 2 amide bonds. The summed E-state index contributed by atoms with van der Waals surface area (Å²) < 4.78 is 20.5. The van der Waals surface area contributed by atoms with Gasteiger partial charge in [0, 0.05) is 37.0 Å². The molecule has 2 aromatic carbocycles. The number of aromatic nitrogens is 5. The summed E-state index contributed by atoms with van der Waals surface area (Å²) >= 11 is 0. The zero-order valence-corrected chi connectivity index (χ0v) is 22.8. The maximum Gasteiger partial charge on any atom is 0.272 e. The van der Waals surface area contributed by atoms with Gasteiger partial charge in [0.1, 0.15) is 22.7 Å². The van der Waals surface area contributed by atoms with Crippen molar-refractivity contribution in [2.24, 2.45) is 5.73 Å². The number of nitrogens with one attached hydrogen (secondary N) is 2. The first kappa shape index (κ1) is 27.1. The Morgan fingerprint density at radius 1 is 1.12 bits per heavy atom. The van der Waals surface area contributed by atoms with Crippen molar-refractivity contribution in [3.8, 4) is 5.88 Å². The van der Waals surface area contributed by atoms with Gasteiger partial charge < -0.3 is 20.4 Å². The zero-order valence-electron chi connectivity index (χ0n) is 22.8. The number of carbonyl (C=O) groups excluding carboxylic acids is 2. The number of likely N-dealkylation sites (tertiary alicyclic amines) is 1. The number of piperidine rings is 1. The second kappa shape index (κ2) is 11.0. The average Bonchev–Trinajstić information content (AvgIpc) is 3.45. The minimum absolute atomic E-state index is 0.0121. The summed E-state index contributed by atoms with van der Waals surface area (Å²) in [5.74, 6) is -0.658. The van der Waals surface area contributed by atoms with Crippen LogP contribution in [-0.4, -0.2) is 61.6 Å². The monoisotopic (exact) mass is 569 g/mol. The maximum absolute atomic E-state index is 14.9. The van der Waals surface area contributed by atoms with Crippen LogP contribution in [0.5, 0.6) is 5.88 Å². The molecule has 42 heavy (non-hydrogen) atoms. The normalized spacial score (nSPS) is 14.0. The van der Waals surface area contributed by atoms with E-state index in [1.165, 1.54) is 12.3 Å². The highest BCUT2D eigenvalue weighted by molar-refractivity contribution is 6.04. The van der Waals surface area contributed by atoms with E-state index in [0.717, 1.165) is 0 Å². The molecule has 4 N–H and O–H groups in total. The predicted molar refractivity (Wildman–Crippen MR) is 153 cm³/mol. The molecule has 214 valence electrons. The van der Waals surface area contributed by atoms with Gasteiger partial charge in [0.2, 0.25) is 5.88 Å². The molecule has 1 aliphatic heterocycles. The molecular weight excluding hydrogens is 541 g/mol. The summed E-state index contributed by atoms with van der Waals surface area (Å²) in [6.45, 7) is 3.02. The summed E-state index contributed by atoms with van der Waals surface area (Å²) in [7, 11) is 0. The second-order valence-electron chi connectivity index (χ2n) is 10.2. The van der Waals surface area contributed by atoms with E-state index in [2.05, 4.69) is 25.1 Å². The fourth-order valence-corrected chi connectivity index (χ4v) is 5.48. The van der Waals surface area contributed by atoms with E-state index in [9.17, 15) is 18.8 Å². The molecule has 6 rings (SSSR count). The Bertz CT molecular complexity index is 1890. The number of hydrogen-bond donors (Lipinski definition) is 3. The Labute approximate surface area is 238 Å². The molecule has 12 heteroatoms. The van der Waals surface area contributed by atoms with E-state index < -0.39 is 17.6 Å². The zero-order chi connectivity index (χ0) is 29.4. The number of rotatable bonds is 7. The smallest absolute Gasteiger partial charge is 0.272 e. The molecule has 5 aromatic rings. The lowest BCUT2D eigenvalue weighted by atomic mass is 9.95. The highest BCUT2D eigenvalue weighted by Crippen LogP contribution is 2.32. The van der Waals surface area contributed by atoms with Crippen molar-refractivity contribution in [1.82, 2.24) is 30.0 Å². The van der Waals surface area contributed by atoms with Gasteiger partial charge in [0.05, 0.1) is 28.8 Å². The van der Waals surface area contributed by atoms with E-state index >= 15 is 0 Å². The van der Waals surface area contributed by atoms with Crippen LogP contribution in [0, 0.1) is 5.82 Å². The molecule has 1 fully saturated rings. The van der Waals surface area contributed by atoms with Crippen molar-refractivity contribution in [3.05, 3.63) is 93.0 Å². The number of pyridine rings is 1. The molecule has 0 spiro atoms. The van der Waals surface area contributed by atoms with Crippen molar-refractivity contribution in [2.75, 3.05) is 19.7 Å². The lowest BCUT2D eigenvalue weighted by Crippen LogP contribution is -2.38. The first-order valence-corrected chi connectivity index (χ1v) is 13.7. The number of amides is 2. The van der Waals surface area contributed by atoms with Gasteiger partial charge in [0.15, 0.2) is 0 Å². The molecule has 1 saturated heterocycles. The lowest BCUT2D eigenvalue weighted by Gasteiger charge is -2.31. The number of benzene rings is 2. The van der Waals surface area contributed by atoms with Gasteiger partial charge in [-0.25, -0.2) is 19.5 Å². The molecule has 0 unspecified atom stereocenters. The van der Waals surface area contributed by atoms with Crippen LogP contribution in [0.15, 0.2) is 53.5 Å². The first-order valence-electron chi connectivity index (χ1n) is 13.7. The third-order valence-electron chi connectivity index (χ3n) is 7.63. The van der Waals surface area contributed by atoms with Gasteiger partial charge in [-0.2, -0.15) is 5.10 Å². The standard InChI is InChI=1S/C30H28FN7O4/c1-2-42-29-25-24(21(15-33-29)26(32)39)34-27(35-25)17-9-11-38(12-10-17)30(41)20-13-16(7-8-22(20)31)14-23-18-5-3-4-6-19(18)28(40)37-36-23/h3-8,13,15,17H,2,9-12,14H2,1H3,(H2,32,39)(H,34,35)(H,37,40). The number of imidazole rings is 1. The van der Waals surface area contributed by atoms with Gasteiger partial charge in [-0.1, -0.05) is 24.3 Å². The summed E-state index contributed by atoms with van der Waals surface area (Å²) in [5.41, 5.74) is 7.67. The summed E-state index contributed by atoms with van der Waals surface area (Å²) in [6, 6.07) is 11.6. The van der Waals surface area contributed by atoms with Crippen LogP contribution in [0.4, 0.5) is 4.39 Å². The second-order valence-corrected chi connectivity index (χ2v) is 10.2. The molecule has 0 aliphatic carbocycles. The van der Waals surface area contributed by atoms with Gasteiger partial charge in [0.25, 0.3) is 17.4 Å². The number of fused-ring (bicyclic) bond motifs is 2. The third kappa shape index (κ3) is 4.95. The molecule has 0 saturated carbocycles. The lowest BCUT2D eigenvalue weighted by molar-refractivity contribution is 0.0706. The Morgan fingerprint density at radius 3 is 2.62 bits per heavy atom. The number of ether oxygens (including phenoxy) is 1. The summed E-state index contributed by atoms with van der Waals surface area (Å²) in [5, 5.41) is 7.94. The fourth-order valence-electron chi connectivity index (χ4n) is 5.48. The van der Waals surface area contributed by atoms with Crippen LogP contribution in [0.1, 0.15) is 63.5 Å². The van der Waals surface area contributed by atoms with E-state index in [1.807, 2.05) is 19.1 Å². The van der Waals surface area contributed by atoms with Gasteiger partial charge >= 0.3 is 0 Å². The maximum atomic E-state index is 14.9. The number of aromatic amines is 2. The first-order chi connectivity index (χ1) is 20.3. The minimum atomic E-state index is -0.636. The SMILES string of the molecule is CCOc1ncc(C(N)=O)c2nc(C3CCN(C(=O)c4cc(Cc5n[nH]c(=O)c6ccccc56)ccc4F)CC3)[nH]c12. The van der Waals surface area contributed by atoms with Crippen LogP contribution < -0.4 is 16.0 Å². The summed E-state index contributed by atoms with van der Waals surface area (Å²) in [4.78, 5) is 51.2. The summed E-state index contributed by atoms with van der Waals surface area (Å²) in [6.07, 6.45) is 2.85. The van der Waals surface area contributed by atoms with E-state index in [-0.39, 0.29) is 22.6 Å². The van der Waals surface area contributed by atoms with Crippen LogP contribution in [-0.2, 0) is 6.42 Å². The fraction of sp³-hybridized carbons (Fsp3) is 0.267. The molecule has 0 radical (unpaired) electrons. The highest BCUT2D eigenvalue weighted by Gasteiger charge is 2.29. The molecule has 3 aromatic heterocycles. The Morgan fingerprint density at radius 2 is 1.88 bits per heavy atom. The van der Waals surface area contributed by atoms with Gasteiger partial charge in [-0.3, -0.25) is 14.4 Å². The Hall–Kier alpha value is -5.13. The highest BCUT2D eigenvalue weighted by atomic mass is 19.1. The van der Waals surface area contributed by atoms with E-state index in [0.29, 0.717) is 83.7 Å². The van der Waals surface area contributed by atoms with Crippen molar-refractivity contribution in [3.63, 3.8) is 0 Å². The minimum Gasteiger partial charge on any atom is -0.476 e. The van der Waals surface area contributed by atoms with Crippen molar-refractivity contribution >= 4 is 33.6 Å². The Kier molecular flexibility index (Phi) is 7.11.